The zero-order valence-electron chi connectivity index (χ0n) is 17.9. The molecule has 1 fully saturated rings. The topological polar surface area (TPSA) is 113 Å². The Balaban J connectivity index is 1.47. The van der Waals surface area contributed by atoms with Gasteiger partial charge in [0.2, 0.25) is 15.9 Å². The summed E-state index contributed by atoms with van der Waals surface area (Å²) in [4.78, 5) is 12.7. The van der Waals surface area contributed by atoms with Crippen molar-refractivity contribution in [2.75, 3.05) is 40.3 Å². The quantitative estimate of drug-likeness (QED) is 0.522. The Kier molecular flexibility index (Phi) is 7.93. The van der Waals surface area contributed by atoms with E-state index < -0.39 is 26.0 Å². The van der Waals surface area contributed by atoms with Crippen LogP contribution in [0.2, 0.25) is 0 Å². The third-order valence-corrected chi connectivity index (χ3v) is 10.2. The Hall–Kier alpha value is -1.99. The van der Waals surface area contributed by atoms with Gasteiger partial charge in [0.1, 0.15) is 16.6 Å². The molecule has 1 amide bonds. The van der Waals surface area contributed by atoms with Crippen molar-refractivity contribution >= 4 is 37.3 Å². The SMILES string of the molecule is CN(C)S(=O)(=O)c1ccc(OCCNC(=O)[C@H]2CCCN(S(=O)(=O)c3cccs3)C2)cc1. The second-order valence-electron chi connectivity index (χ2n) is 7.53. The van der Waals surface area contributed by atoms with Crippen LogP contribution in [-0.2, 0) is 24.8 Å². The second-order valence-corrected chi connectivity index (χ2v) is 12.8. The molecule has 0 bridgehead atoms. The van der Waals surface area contributed by atoms with Gasteiger partial charge in [-0.15, -0.1) is 11.3 Å². The van der Waals surface area contributed by atoms with Gasteiger partial charge in [0.25, 0.3) is 10.0 Å². The predicted molar refractivity (Wildman–Crippen MR) is 122 cm³/mol. The van der Waals surface area contributed by atoms with Gasteiger partial charge >= 0.3 is 0 Å². The van der Waals surface area contributed by atoms with E-state index >= 15 is 0 Å². The van der Waals surface area contributed by atoms with Crippen molar-refractivity contribution < 1.29 is 26.4 Å². The lowest BCUT2D eigenvalue weighted by Crippen LogP contribution is -2.45. The first kappa shape index (κ1) is 24.6. The number of carbonyl (C=O) groups is 1. The summed E-state index contributed by atoms with van der Waals surface area (Å²) in [5.41, 5.74) is 0. The van der Waals surface area contributed by atoms with Crippen molar-refractivity contribution in [2.45, 2.75) is 21.9 Å². The van der Waals surface area contributed by atoms with E-state index in [9.17, 15) is 21.6 Å². The molecule has 1 aliphatic rings. The zero-order chi connectivity index (χ0) is 23.4. The van der Waals surface area contributed by atoms with Crippen LogP contribution in [0.3, 0.4) is 0 Å². The van der Waals surface area contributed by atoms with Gasteiger partial charge in [-0.3, -0.25) is 4.79 Å². The summed E-state index contributed by atoms with van der Waals surface area (Å²) in [6, 6.07) is 9.32. The van der Waals surface area contributed by atoms with Gasteiger partial charge < -0.3 is 10.1 Å². The van der Waals surface area contributed by atoms with Gasteiger partial charge in [0.15, 0.2) is 0 Å². The summed E-state index contributed by atoms with van der Waals surface area (Å²) in [5.74, 6) is -0.121. The molecule has 0 unspecified atom stereocenters. The lowest BCUT2D eigenvalue weighted by molar-refractivity contribution is -0.126. The molecule has 176 valence electrons. The number of rotatable bonds is 9. The van der Waals surface area contributed by atoms with Crippen LogP contribution in [0, 0.1) is 5.92 Å². The summed E-state index contributed by atoms with van der Waals surface area (Å²) < 4.78 is 57.9. The van der Waals surface area contributed by atoms with Crippen LogP contribution >= 0.6 is 11.3 Å². The fraction of sp³-hybridized carbons (Fsp3) is 0.450. The molecule has 1 aliphatic heterocycles. The molecule has 2 aromatic rings. The number of carbonyl (C=O) groups excluding carboxylic acids is 1. The fourth-order valence-electron chi connectivity index (χ4n) is 3.32. The van der Waals surface area contributed by atoms with Crippen LogP contribution in [0.25, 0.3) is 0 Å². The highest BCUT2D eigenvalue weighted by Crippen LogP contribution is 2.26. The van der Waals surface area contributed by atoms with Crippen molar-refractivity contribution in [3.63, 3.8) is 0 Å². The molecule has 0 saturated carbocycles. The van der Waals surface area contributed by atoms with E-state index in [1.54, 1.807) is 29.6 Å². The zero-order valence-corrected chi connectivity index (χ0v) is 20.4. The maximum Gasteiger partial charge on any atom is 0.252 e. The minimum absolute atomic E-state index is 0.161. The molecule has 32 heavy (non-hydrogen) atoms. The Morgan fingerprint density at radius 3 is 2.53 bits per heavy atom. The average molecular weight is 502 g/mol. The Morgan fingerprint density at radius 1 is 1.19 bits per heavy atom. The van der Waals surface area contributed by atoms with Crippen LogP contribution in [0.1, 0.15) is 12.8 Å². The van der Waals surface area contributed by atoms with Crippen LogP contribution < -0.4 is 10.1 Å². The van der Waals surface area contributed by atoms with Gasteiger partial charge in [-0.1, -0.05) is 6.07 Å². The van der Waals surface area contributed by atoms with E-state index in [4.69, 9.17) is 4.74 Å². The maximum atomic E-state index is 12.7. The van der Waals surface area contributed by atoms with Gasteiger partial charge in [-0.2, -0.15) is 4.31 Å². The molecule has 1 aromatic heterocycles. The summed E-state index contributed by atoms with van der Waals surface area (Å²) in [5, 5.41) is 4.51. The molecule has 1 aromatic carbocycles. The Labute approximate surface area is 193 Å². The molecular formula is C20H27N3O6S3. The number of hydrogen-bond acceptors (Lipinski definition) is 7. The molecule has 1 saturated heterocycles. The minimum atomic E-state index is -3.56. The largest absolute Gasteiger partial charge is 0.492 e. The highest BCUT2D eigenvalue weighted by molar-refractivity contribution is 7.91. The molecule has 9 nitrogen and oxygen atoms in total. The maximum absolute atomic E-state index is 12.7. The number of amides is 1. The van der Waals surface area contributed by atoms with Crippen molar-refractivity contribution in [1.82, 2.24) is 13.9 Å². The summed E-state index contributed by atoms with van der Waals surface area (Å²) in [6.07, 6.45) is 1.26. The molecular weight excluding hydrogens is 474 g/mol. The lowest BCUT2D eigenvalue weighted by atomic mass is 9.99. The molecule has 0 aliphatic carbocycles. The van der Waals surface area contributed by atoms with Crippen molar-refractivity contribution in [2.24, 2.45) is 5.92 Å². The van der Waals surface area contributed by atoms with Gasteiger partial charge in [-0.25, -0.2) is 21.1 Å². The van der Waals surface area contributed by atoms with Crippen LogP contribution in [-0.4, -0.2) is 71.7 Å². The second kappa shape index (κ2) is 10.3. The highest BCUT2D eigenvalue weighted by atomic mass is 32.2. The third kappa shape index (κ3) is 5.67. The van der Waals surface area contributed by atoms with E-state index in [0.717, 1.165) is 4.31 Å². The molecule has 12 heteroatoms. The monoisotopic (exact) mass is 501 g/mol. The van der Waals surface area contributed by atoms with Gasteiger partial charge in [0.05, 0.1) is 17.4 Å². The van der Waals surface area contributed by atoms with E-state index in [2.05, 4.69) is 5.32 Å². The Bertz CT molecular complexity index is 1110. The lowest BCUT2D eigenvalue weighted by Gasteiger charge is -2.30. The van der Waals surface area contributed by atoms with Crippen LogP contribution in [0.15, 0.2) is 50.9 Å². The Morgan fingerprint density at radius 2 is 1.91 bits per heavy atom. The van der Waals surface area contributed by atoms with Crippen molar-refractivity contribution in [1.29, 1.82) is 0 Å². The smallest absolute Gasteiger partial charge is 0.252 e. The molecule has 3 rings (SSSR count). The molecule has 0 spiro atoms. The average Bonchev–Trinajstić information content (AvgIpc) is 3.33. The van der Waals surface area contributed by atoms with Gasteiger partial charge in [-0.05, 0) is 48.6 Å². The van der Waals surface area contributed by atoms with E-state index in [0.29, 0.717) is 25.1 Å². The first-order valence-corrected chi connectivity index (χ1v) is 13.8. The molecule has 2 heterocycles. The first-order chi connectivity index (χ1) is 15.1. The number of benzene rings is 1. The van der Waals surface area contributed by atoms with Crippen molar-refractivity contribution in [3.8, 4) is 5.75 Å². The molecule has 0 radical (unpaired) electrons. The number of piperidine rings is 1. The van der Waals surface area contributed by atoms with E-state index in [1.807, 2.05) is 0 Å². The first-order valence-electron chi connectivity index (χ1n) is 10.1. The summed E-state index contributed by atoms with van der Waals surface area (Å²) >= 11 is 1.17. The fourth-order valence-corrected chi connectivity index (χ4v) is 6.89. The van der Waals surface area contributed by atoms with Gasteiger partial charge in [0, 0.05) is 27.2 Å². The summed E-state index contributed by atoms with van der Waals surface area (Å²) in [6.45, 7) is 1.03. The predicted octanol–water partition coefficient (Wildman–Crippen LogP) is 1.59. The number of ether oxygens (including phenoxy) is 1. The number of sulfonamides is 2. The molecule has 1 atom stereocenters. The number of nitrogens with one attached hydrogen (secondary N) is 1. The van der Waals surface area contributed by atoms with Crippen LogP contribution in [0.4, 0.5) is 0 Å². The number of hydrogen-bond donors (Lipinski definition) is 1. The van der Waals surface area contributed by atoms with E-state index in [-0.39, 0.29) is 34.7 Å². The highest BCUT2D eigenvalue weighted by Gasteiger charge is 2.33. The minimum Gasteiger partial charge on any atom is -0.492 e. The molecule has 1 N–H and O–H groups in total. The number of nitrogens with zero attached hydrogens (tertiary/aromatic N) is 2. The van der Waals surface area contributed by atoms with Crippen molar-refractivity contribution in [3.05, 3.63) is 41.8 Å². The third-order valence-electron chi connectivity index (χ3n) is 5.12. The summed E-state index contributed by atoms with van der Waals surface area (Å²) in [7, 11) is -4.13. The standard InChI is InChI=1S/C20H27N3O6S3/c1-22(2)31(25,26)18-9-7-17(8-10-18)29-13-11-21-20(24)16-5-3-12-23(15-16)32(27,28)19-6-4-14-30-19/h4,6-10,14,16H,3,5,11-13,15H2,1-2H3,(H,21,24)/t16-/m0/s1. The van der Waals surface area contributed by atoms with E-state index in [1.165, 1.54) is 41.9 Å². The normalized spacial score (nSPS) is 17.9. The number of thiophene rings is 1. The van der Waals surface area contributed by atoms with Crippen LogP contribution in [0.5, 0.6) is 5.75 Å².